The number of carbonyl (C=O) groups excluding carboxylic acids is 2. The van der Waals surface area contributed by atoms with E-state index in [-0.39, 0.29) is 0 Å². The van der Waals surface area contributed by atoms with Crippen LogP contribution in [0.2, 0.25) is 0 Å². The molecule has 0 aliphatic heterocycles. The van der Waals surface area contributed by atoms with Gasteiger partial charge < -0.3 is 5.73 Å². The van der Waals surface area contributed by atoms with Gasteiger partial charge in [-0.05, 0) is 6.42 Å². The van der Waals surface area contributed by atoms with E-state index in [0.29, 0.717) is 6.61 Å². The second-order valence-electron chi connectivity index (χ2n) is 2.70. The van der Waals surface area contributed by atoms with Crippen LogP contribution in [0.4, 0.5) is 0 Å². The van der Waals surface area contributed by atoms with Crippen molar-refractivity contribution in [3.05, 3.63) is 0 Å². The van der Waals surface area contributed by atoms with Gasteiger partial charge in [0.2, 0.25) is 0 Å². The van der Waals surface area contributed by atoms with Gasteiger partial charge in [0.1, 0.15) is 0 Å². The zero-order chi connectivity index (χ0) is 10.1. The van der Waals surface area contributed by atoms with Gasteiger partial charge in [-0.3, -0.25) is 14.4 Å². The highest BCUT2D eigenvalue weighted by molar-refractivity contribution is 6.34. The lowest BCUT2D eigenvalue weighted by molar-refractivity contribution is -0.145. The molecule has 0 spiro atoms. The standard InChI is InChI=1S/C8H16N2O3/c1-2-3-4-5-6-13-10-8(12)7(9)11/h2-6H2,1H3,(H2,9,11)(H,10,12). The molecule has 0 radical (unpaired) electrons. The third kappa shape index (κ3) is 7.27. The second-order valence-corrected chi connectivity index (χ2v) is 2.70. The maximum atomic E-state index is 10.5. The molecule has 0 heterocycles. The quantitative estimate of drug-likeness (QED) is 0.352. The van der Waals surface area contributed by atoms with Crippen molar-refractivity contribution in [1.29, 1.82) is 0 Å². The van der Waals surface area contributed by atoms with Crippen molar-refractivity contribution in [2.75, 3.05) is 6.61 Å². The summed E-state index contributed by atoms with van der Waals surface area (Å²) in [7, 11) is 0. The van der Waals surface area contributed by atoms with E-state index in [9.17, 15) is 9.59 Å². The minimum Gasteiger partial charge on any atom is -0.361 e. The first-order valence-electron chi connectivity index (χ1n) is 4.40. The molecule has 0 aliphatic carbocycles. The van der Waals surface area contributed by atoms with Gasteiger partial charge in [-0.15, -0.1) is 0 Å². The maximum absolute atomic E-state index is 10.5. The van der Waals surface area contributed by atoms with Gasteiger partial charge in [-0.1, -0.05) is 26.2 Å². The van der Waals surface area contributed by atoms with Gasteiger partial charge in [0.25, 0.3) is 0 Å². The van der Waals surface area contributed by atoms with Gasteiger partial charge in [0.15, 0.2) is 0 Å². The van der Waals surface area contributed by atoms with Crippen molar-refractivity contribution in [3.63, 3.8) is 0 Å². The van der Waals surface area contributed by atoms with Crippen LogP contribution < -0.4 is 11.2 Å². The molecule has 0 rings (SSSR count). The average Bonchev–Trinajstić information content (AvgIpc) is 2.10. The average molecular weight is 188 g/mol. The zero-order valence-electron chi connectivity index (χ0n) is 7.84. The van der Waals surface area contributed by atoms with Crippen molar-refractivity contribution in [2.24, 2.45) is 5.73 Å². The lowest BCUT2D eigenvalue weighted by atomic mass is 10.2. The molecule has 0 fully saturated rings. The molecule has 0 aromatic heterocycles. The summed E-state index contributed by atoms with van der Waals surface area (Å²) in [4.78, 5) is 25.4. The topological polar surface area (TPSA) is 81.4 Å². The second kappa shape index (κ2) is 7.54. The minimum atomic E-state index is -1.03. The first-order chi connectivity index (χ1) is 6.18. The normalized spacial score (nSPS) is 9.62. The summed E-state index contributed by atoms with van der Waals surface area (Å²) in [5.41, 5.74) is 6.61. The molecule has 0 aliphatic rings. The Morgan fingerprint density at radius 2 is 2.00 bits per heavy atom. The number of hydrogen-bond acceptors (Lipinski definition) is 3. The fourth-order valence-corrected chi connectivity index (χ4v) is 0.768. The van der Waals surface area contributed by atoms with E-state index in [1.807, 2.05) is 5.48 Å². The molecular formula is C8H16N2O3. The van der Waals surface area contributed by atoms with Crippen molar-refractivity contribution in [3.8, 4) is 0 Å². The molecule has 0 saturated carbocycles. The van der Waals surface area contributed by atoms with Gasteiger partial charge >= 0.3 is 11.8 Å². The molecular weight excluding hydrogens is 172 g/mol. The highest BCUT2D eigenvalue weighted by Crippen LogP contribution is 1.97. The third-order valence-corrected chi connectivity index (χ3v) is 1.49. The Labute approximate surface area is 77.6 Å². The number of hydrogen-bond donors (Lipinski definition) is 2. The molecule has 0 aromatic carbocycles. The van der Waals surface area contributed by atoms with E-state index in [1.54, 1.807) is 0 Å². The Morgan fingerprint density at radius 1 is 1.31 bits per heavy atom. The predicted octanol–water partition coefficient (Wildman–Crippen LogP) is 0.0998. The van der Waals surface area contributed by atoms with E-state index >= 15 is 0 Å². The molecule has 5 heteroatoms. The molecule has 3 N–H and O–H groups in total. The third-order valence-electron chi connectivity index (χ3n) is 1.49. The van der Waals surface area contributed by atoms with Crippen LogP contribution in [0, 0.1) is 0 Å². The predicted molar refractivity (Wildman–Crippen MR) is 47.4 cm³/mol. The van der Waals surface area contributed by atoms with Crippen LogP contribution >= 0.6 is 0 Å². The Balaban J connectivity index is 3.16. The van der Waals surface area contributed by atoms with E-state index in [2.05, 4.69) is 12.7 Å². The summed E-state index contributed by atoms with van der Waals surface area (Å²) in [5, 5.41) is 0. The Bertz CT molecular complexity index is 171. The summed E-state index contributed by atoms with van der Waals surface area (Å²) >= 11 is 0. The van der Waals surface area contributed by atoms with Gasteiger partial charge in [-0.2, -0.15) is 0 Å². The number of nitrogens with one attached hydrogen (secondary N) is 1. The molecule has 76 valence electrons. The van der Waals surface area contributed by atoms with Crippen molar-refractivity contribution >= 4 is 11.8 Å². The number of carbonyl (C=O) groups is 2. The molecule has 13 heavy (non-hydrogen) atoms. The molecule has 0 saturated heterocycles. The summed E-state index contributed by atoms with van der Waals surface area (Å²) in [6, 6.07) is 0. The van der Waals surface area contributed by atoms with Crippen LogP contribution in [0.3, 0.4) is 0 Å². The Kier molecular flexibility index (Phi) is 6.91. The first kappa shape index (κ1) is 11.9. The largest absolute Gasteiger partial charge is 0.361 e. The number of hydroxylamine groups is 1. The smallest absolute Gasteiger partial charge is 0.332 e. The van der Waals surface area contributed by atoms with Crippen LogP contribution in [0.1, 0.15) is 32.6 Å². The van der Waals surface area contributed by atoms with E-state index in [4.69, 9.17) is 4.84 Å². The summed E-state index contributed by atoms with van der Waals surface area (Å²) in [6.45, 7) is 2.52. The lowest BCUT2D eigenvalue weighted by Gasteiger charge is -2.02. The highest BCUT2D eigenvalue weighted by Gasteiger charge is 2.06. The molecule has 0 aromatic rings. The van der Waals surface area contributed by atoms with Crippen LogP contribution in [-0.2, 0) is 14.4 Å². The molecule has 0 unspecified atom stereocenters. The minimum absolute atomic E-state index is 0.416. The van der Waals surface area contributed by atoms with E-state index in [1.165, 1.54) is 0 Å². The van der Waals surface area contributed by atoms with Gasteiger partial charge in [0.05, 0.1) is 6.61 Å². The fourth-order valence-electron chi connectivity index (χ4n) is 0.768. The summed E-state index contributed by atoms with van der Waals surface area (Å²) < 4.78 is 0. The van der Waals surface area contributed by atoms with Gasteiger partial charge in [0, 0.05) is 0 Å². The number of amides is 2. The zero-order valence-corrected chi connectivity index (χ0v) is 7.84. The monoisotopic (exact) mass is 188 g/mol. The molecule has 0 bridgehead atoms. The first-order valence-corrected chi connectivity index (χ1v) is 4.40. The Hall–Kier alpha value is -1.10. The Morgan fingerprint density at radius 3 is 2.54 bits per heavy atom. The van der Waals surface area contributed by atoms with Crippen LogP contribution in [0.25, 0.3) is 0 Å². The summed E-state index contributed by atoms with van der Waals surface area (Å²) in [6.07, 6.45) is 4.22. The SMILES string of the molecule is CCCCCCONC(=O)C(N)=O. The van der Waals surface area contributed by atoms with Crippen LogP contribution in [0.5, 0.6) is 0 Å². The molecule has 2 amide bonds. The van der Waals surface area contributed by atoms with Crippen LogP contribution in [0.15, 0.2) is 0 Å². The van der Waals surface area contributed by atoms with Crippen molar-refractivity contribution < 1.29 is 14.4 Å². The number of unbranched alkanes of at least 4 members (excludes halogenated alkanes) is 3. The van der Waals surface area contributed by atoms with E-state index in [0.717, 1.165) is 25.7 Å². The number of primary amides is 1. The molecule has 0 atom stereocenters. The number of nitrogens with two attached hydrogens (primary N) is 1. The maximum Gasteiger partial charge on any atom is 0.332 e. The van der Waals surface area contributed by atoms with Gasteiger partial charge in [-0.25, -0.2) is 5.48 Å². The summed E-state index contributed by atoms with van der Waals surface area (Å²) in [5.74, 6) is -1.94. The number of rotatable bonds is 6. The van der Waals surface area contributed by atoms with Crippen molar-refractivity contribution in [2.45, 2.75) is 32.6 Å². The van der Waals surface area contributed by atoms with Crippen LogP contribution in [-0.4, -0.2) is 18.4 Å². The molecule has 5 nitrogen and oxygen atoms in total. The van der Waals surface area contributed by atoms with E-state index < -0.39 is 11.8 Å². The van der Waals surface area contributed by atoms with Crippen molar-refractivity contribution in [1.82, 2.24) is 5.48 Å². The lowest BCUT2D eigenvalue weighted by Crippen LogP contribution is -2.36. The fraction of sp³-hybridized carbons (Fsp3) is 0.750. The highest BCUT2D eigenvalue weighted by atomic mass is 16.7.